The van der Waals surface area contributed by atoms with E-state index in [2.05, 4.69) is 10.5 Å². The number of hydrogen-bond donors (Lipinski definition) is 1. The van der Waals surface area contributed by atoms with E-state index in [1.807, 2.05) is 45.0 Å². The lowest BCUT2D eigenvalue weighted by atomic mass is 10.1. The Balaban J connectivity index is 1.86. The van der Waals surface area contributed by atoms with Gasteiger partial charge >= 0.3 is 0 Å². The van der Waals surface area contributed by atoms with Gasteiger partial charge in [0.25, 0.3) is 0 Å². The zero-order chi connectivity index (χ0) is 22.3. The molecule has 4 aromatic rings. The van der Waals surface area contributed by atoms with E-state index in [9.17, 15) is 8.76 Å². The largest absolute Gasteiger partial charge is 0.610 e. The molecular formula is C22H24N4O4S. The molecule has 31 heavy (non-hydrogen) atoms. The maximum atomic E-state index is 12.0. The first-order valence-corrected chi connectivity index (χ1v) is 11.6. The number of aromatic nitrogens is 2. The molecule has 0 amide bonds. The van der Waals surface area contributed by atoms with Crippen molar-refractivity contribution in [2.24, 2.45) is 0 Å². The van der Waals surface area contributed by atoms with Crippen LogP contribution in [0.4, 0.5) is 11.5 Å². The molecular weight excluding hydrogens is 416 g/mol. The van der Waals surface area contributed by atoms with Crippen molar-refractivity contribution in [1.82, 2.24) is 15.0 Å². The van der Waals surface area contributed by atoms with Crippen LogP contribution in [-0.4, -0.2) is 39.9 Å². The molecule has 0 fully saturated rings. The van der Waals surface area contributed by atoms with Crippen molar-refractivity contribution in [2.45, 2.75) is 25.3 Å². The lowest BCUT2D eigenvalue weighted by Crippen LogP contribution is -2.09. The van der Waals surface area contributed by atoms with Gasteiger partial charge in [0, 0.05) is 17.1 Å². The summed E-state index contributed by atoms with van der Waals surface area (Å²) >= 11 is 0. The number of furan rings is 1. The minimum Gasteiger partial charge on any atom is -0.610 e. The van der Waals surface area contributed by atoms with Crippen LogP contribution < -0.4 is 5.32 Å². The van der Waals surface area contributed by atoms with Crippen LogP contribution in [0, 0.1) is 13.8 Å². The van der Waals surface area contributed by atoms with Crippen LogP contribution in [0.15, 0.2) is 50.2 Å². The van der Waals surface area contributed by atoms with Gasteiger partial charge in [0.2, 0.25) is 0 Å². The van der Waals surface area contributed by atoms with Gasteiger partial charge in [-0.2, -0.15) is 0 Å². The fourth-order valence-electron chi connectivity index (χ4n) is 3.49. The SMILES string of the molecule is Cc1noc(C)c1-c1cc2cc(CN(C)C)oc2c(Nc2cccc([S+](C)(=O)[O-])c2)n1. The number of rotatable bonds is 6. The molecule has 0 spiro atoms. The van der Waals surface area contributed by atoms with Gasteiger partial charge in [0.05, 0.1) is 33.7 Å². The molecule has 162 valence electrons. The van der Waals surface area contributed by atoms with Gasteiger partial charge < -0.3 is 23.7 Å². The lowest BCUT2D eigenvalue weighted by Gasteiger charge is -2.12. The smallest absolute Gasteiger partial charge is 0.176 e. The van der Waals surface area contributed by atoms with Gasteiger partial charge in [0.15, 0.2) is 16.3 Å². The van der Waals surface area contributed by atoms with Crippen LogP contribution in [0.1, 0.15) is 17.2 Å². The number of anilines is 2. The number of benzene rings is 1. The molecule has 1 atom stereocenters. The van der Waals surface area contributed by atoms with E-state index in [0.29, 0.717) is 35.1 Å². The monoisotopic (exact) mass is 440 g/mol. The molecule has 0 bridgehead atoms. The predicted molar refractivity (Wildman–Crippen MR) is 119 cm³/mol. The highest BCUT2D eigenvalue weighted by Crippen LogP contribution is 2.35. The maximum absolute atomic E-state index is 12.0. The summed E-state index contributed by atoms with van der Waals surface area (Å²) in [7, 11) is 0.603. The number of pyridine rings is 1. The molecule has 0 radical (unpaired) electrons. The Kier molecular flexibility index (Phi) is 5.42. The normalized spacial score (nSPS) is 13.6. The summed E-state index contributed by atoms with van der Waals surface area (Å²) in [4.78, 5) is 7.02. The van der Waals surface area contributed by atoms with Gasteiger partial charge in [-0.05, 0) is 52.2 Å². The van der Waals surface area contributed by atoms with Crippen molar-refractivity contribution < 1.29 is 17.7 Å². The summed E-state index contributed by atoms with van der Waals surface area (Å²) in [5.41, 5.74) is 3.45. The third kappa shape index (κ3) is 4.39. The lowest BCUT2D eigenvalue weighted by molar-refractivity contribution is 0.358. The van der Waals surface area contributed by atoms with Gasteiger partial charge in [-0.25, -0.2) is 4.98 Å². The van der Waals surface area contributed by atoms with Gasteiger partial charge in [-0.15, -0.1) is 4.21 Å². The average Bonchev–Trinajstić information content (AvgIpc) is 3.23. The quantitative estimate of drug-likeness (QED) is 0.436. The zero-order valence-electron chi connectivity index (χ0n) is 18.1. The fourth-order valence-corrected chi connectivity index (χ4v) is 4.16. The van der Waals surface area contributed by atoms with Crippen molar-refractivity contribution >= 4 is 32.7 Å². The Morgan fingerprint density at radius 1 is 1.19 bits per heavy atom. The van der Waals surface area contributed by atoms with E-state index < -0.39 is 10.2 Å². The topological polar surface area (TPSA) is 107 Å². The first-order valence-electron chi connectivity index (χ1n) is 9.70. The summed E-state index contributed by atoms with van der Waals surface area (Å²) in [6.45, 7) is 4.35. The van der Waals surface area contributed by atoms with Crippen molar-refractivity contribution in [2.75, 3.05) is 25.7 Å². The van der Waals surface area contributed by atoms with Crippen LogP contribution in [0.25, 0.3) is 22.2 Å². The average molecular weight is 441 g/mol. The molecule has 0 aliphatic carbocycles. The molecule has 1 unspecified atom stereocenters. The summed E-state index contributed by atoms with van der Waals surface area (Å²) < 4.78 is 35.3. The molecule has 1 N–H and O–H groups in total. The number of fused-ring (bicyclic) bond motifs is 1. The van der Waals surface area contributed by atoms with Crippen LogP contribution in [0.5, 0.6) is 0 Å². The van der Waals surface area contributed by atoms with Crippen molar-refractivity contribution in [1.29, 1.82) is 0 Å². The van der Waals surface area contributed by atoms with E-state index in [1.165, 1.54) is 6.26 Å². The molecule has 9 heteroatoms. The highest BCUT2D eigenvalue weighted by molar-refractivity contribution is 7.97. The highest BCUT2D eigenvalue weighted by Gasteiger charge is 2.19. The Morgan fingerprint density at radius 2 is 1.97 bits per heavy atom. The second-order valence-electron chi connectivity index (χ2n) is 7.85. The fraction of sp³-hybridized carbons (Fsp3) is 0.273. The van der Waals surface area contributed by atoms with E-state index in [-0.39, 0.29) is 4.90 Å². The number of nitrogens with zero attached hydrogens (tertiary/aromatic N) is 3. The Hall–Kier alpha value is -3.01. The maximum Gasteiger partial charge on any atom is 0.176 e. The highest BCUT2D eigenvalue weighted by atomic mass is 32.3. The van der Waals surface area contributed by atoms with Gasteiger partial charge in [0.1, 0.15) is 17.8 Å². The number of aryl methyl sites for hydroxylation is 2. The van der Waals surface area contributed by atoms with Gasteiger partial charge in [-0.1, -0.05) is 11.2 Å². The third-order valence-corrected chi connectivity index (χ3v) is 5.95. The summed E-state index contributed by atoms with van der Waals surface area (Å²) in [6.07, 6.45) is 1.18. The molecule has 1 aromatic carbocycles. The van der Waals surface area contributed by atoms with Gasteiger partial charge in [-0.3, -0.25) is 0 Å². The Morgan fingerprint density at radius 3 is 2.61 bits per heavy atom. The number of nitrogens with one attached hydrogen (secondary N) is 1. The second-order valence-corrected chi connectivity index (χ2v) is 9.86. The van der Waals surface area contributed by atoms with E-state index >= 15 is 0 Å². The number of hydrogen-bond acceptors (Lipinski definition) is 8. The zero-order valence-corrected chi connectivity index (χ0v) is 18.9. The van der Waals surface area contributed by atoms with Crippen molar-refractivity contribution in [3.63, 3.8) is 0 Å². The molecule has 3 aromatic heterocycles. The predicted octanol–water partition coefficient (Wildman–Crippen LogP) is 4.52. The summed E-state index contributed by atoms with van der Waals surface area (Å²) in [5.74, 6) is 1.96. The molecule has 8 nitrogen and oxygen atoms in total. The Labute approximate surface area is 181 Å². The number of sulfone groups is 1. The minimum atomic E-state index is -3.33. The first-order chi connectivity index (χ1) is 14.6. The van der Waals surface area contributed by atoms with E-state index in [4.69, 9.17) is 13.9 Å². The Bertz CT molecular complexity index is 1280. The first kappa shape index (κ1) is 21.2. The van der Waals surface area contributed by atoms with E-state index in [0.717, 1.165) is 22.4 Å². The molecule has 3 heterocycles. The minimum absolute atomic E-state index is 0.225. The molecule has 0 saturated carbocycles. The van der Waals surface area contributed by atoms with Crippen molar-refractivity contribution in [3.8, 4) is 11.3 Å². The molecule has 4 rings (SSSR count). The molecule has 0 aliphatic rings. The third-order valence-electron chi connectivity index (χ3n) is 4.84. The van der Waals surface area contributed by atoms with Crippen LogP contribution >= 0.6 is 0 Å². The van der Waals surface area contributed by atoms with Crippen LogP contribution in [0.3, 0.4) is 0 Å². The molecule has 0 saturated heterocycles. The summed E-state index contributed by atoms with van der Waals surface area (Å²) in [6, 6.07) is 10.5. The standard InChI is InChI=1S/C22H24N4O4S/c1-13-20(14(2)30-25-13)19-10-15-9-17(12-26(3)4)29-21(15)22(24-19)23-16-7-6-8-18(11-16)31(5,27)28/h6-11H,12H2,1-5H3,(H-,23,24,27,28). The second kappa shape index (κ2) is 7.92. The van der Waals surface area contributed by atoms with Crippen LogP contribution in [-0.2, 0) is 21.0 Å². The van der Waals surface area contributed by atoms with Crippen LogP contribution in [0.2, 0.25) is 0 Å². The van der Waals surface area contributed by atoms with E-state index in [1.54, 1.807) is 24.3 Å². The molecule has 0 aliphatic heterocycles. The summed E-state index contributed by atoms with van der Waals surface area (Å²) in [5, 5.41) is 8.15. The van der Waals surface area contributed by atoms with Crippen molar-refractivity contribution in [3.05, 3.63) is 53.6 Å².